The summed E-state index contributed by atoms with van der Waals surface area (Å²) in [4.78, 5) is 42.5. The topological polar surface area (TPSA) is 76.2 Å². The zero-order chi connectivity index (χ0) is 31.0. The van der Waals surface area contributed by atoms with Crippen molar-refractivity contribution in [1.82, 2.24) is 9.80 Å². The third-order valence-corrected chi connectivity index (χ3v) is 9.22. The highest BCUT2D eigenvalue weighted by atomic mass is 16.5. The van der Waals surface area contributed by atoms with Crippen molar-refractivity contribution in [1.29, 1.82) is 0 Å². The summed E-state index contributed by atoms with van der Waals surface area (Å²) in [5.74, 6) is 0.442. The van der Waals surface area contributed by atoms with Gasteiger partial charge in [0.1, 0.15) is 11.9 Å². The number of carbonyl (C=O) groups excluding carboxylic acids is 3. The largest absolute Gasteiger partial charge is 0.462 e. The van der Waals surface area contributed by atoms with Crippen molar-refractivity contribution < 1.29 is 23.9 Å². The number of esters is 2. The van der Waals surface area contributed by atoms with Crippen LogP contribution < -0.4 is 4.74 Å². The predicted octanol–water partition coefficient (Wildman–Crippen LogP) is 6.18. The fourth-order valence-corrected chi connectivity index (χ4v) is 7.35. The Bertz CT molecular complexity index is 1230. The van der Waals surface area contributed by atoms with Gasteiger partial charge in [-0.2, -0.15) is 0 Å². The Kier molecular flexibility index (Phi) is 11.4. The molecule has 1 aliphatic carbocycles. The first-order valence-corrected chi connectivity index (χ1v) is 16.1. The van der Waals surface area contributed by atoms with Gasteiger partial charge in [0.05, 0.1) is 0 Å². The van der Waals surface area contributed by atoms with Gasteiger partial charge < -0.3 is 19.3 Å². The monoisotopic (exact) mass is 590 g/mol. The van der Waals surface area contributed by atoms with Crippen molar-refractivity contribution in [3.63, 3.8) is 0 Å². The quantitative estimate of drug-likeness (QED) is 0.167. The average molecular weight is 591 g/mol. The Morgan fingerprint density at radius 3 is 2.47 bits per heavy atom. The first kappa shape index (κ1) is 32.7. The third kappa shape index (κ3) is 8.69. The number of unbranched alkanes of at least 4 members (excludes halogenated alkanes) is 2. The lowest BCUT2D eigenvalue weighted by Crippen LogP contribution is -2.62. The Hall–Kier alpha value is -3.19. The van der Waals surface area contributed by atoms with Crippen LogP contribution in [0.15, 0.2) is 54.6 Å². The van der Waals surface area contributed by atoms with Crippen LogP contribution in [0.3, 0.4) is 0 Å². The van der Waals surface area contributed by atoms with E-state index in [2.05, 4.69) is 61.0 Å². The highest BCUT2D eigenvalue weighted by molar-refractivity contribution is 5.76. The first-order valence-electron chi connectivity index (χ1n) is 16.1. The minimum absolute atomic E-state index is 0.0550. The lowest BCUT2D eigenvalue weighted by Gasteiger charge is -2.56. The van der Waals surface area contributed by atoms with Crippen molar-refractivity contribution in [2.75, 3.05) is 26.7 Å². The number of nitrogens with zero attached hydrogens (tertiary/aromatic N) is 2. The summed E-state index contributed by atoms with van der Waals surface area (Å²) in [5, 5.41) is 0. The fraction of sp³-hybridized carbons (Fsp3) is 0.583. The standard InChI is InChI=1S/C36H50N2O5/c1-26(2)24-38(35(41)18-11-7-10-15-29-13-8-6-9-14-29)31-22-34(43-28(4)40)33-25-37(5)20-19-36(33,23-31)30-16-12-17-32(21-30)42-27(3)39/h6,8-9,12-14,16-17,21,26,31,33-34H,7,10-11,15,18-20,22-25H2,1-5H3/t31-,33-,34?,36-/m0/s1. The number of rotatable bonds is 12. The zero-order valence-corrected chi connectivity index (χ0v) is 26.7. The van der Waals surface area contributed by atoms with Gasteiger partial charge in [0.15, 0.2) is 0 Å². The first-order chi connectivity index (χ1) is 20.6. The second-order valence-electron chi connectivity index (χ2n) is 13.1. The Morgan fingerprint density at radius 1 is 1.00 bits per heavy atom. The molecule has 1 amide bonds. The van der Waals surface area contributed by atoms with Gasteiger partial charge in [-0.15, -0.1) is 0 Å². The molecule has 0 bridgehead atoms. The van der Waals surface area contributed by atoms with Crippen LogP contribution in [0.25, 0.3) is 0 Å². The van der Waals surface area contributed by atoms with Crippen LogP contribution in [-0.4, -0.2) is 66.5 Å². The Labute approximate surface area is 257 Å². The number of amides is 1. The molecule has 0 spiro atoms. The average Bonchev–Trinajstić information content (AvgIpc) is 2.96. The van der Waals surface area contributed by atoms with Gasteiger partial charge in [0.25, 0.3) is 0 Å². The lowest BCUT2D eigenvalue weighted by atomic mass is 9.56. The van der Waals surface area contributed by atoms with E-state index >= 15 is 0 Å². The molecule has 0 radical (unpaired) electrons. The van der Waals surface area contributed by atoms with E-state index in [9.17, 15) is 14.4 Å². The summed E-state index contributed by atoms with van der Waals surface area (Å²) in [6.45, 7) is 9.57. The van der Waals surface area contributed by atoms with Crippen LogP contribution in [0.5, 0.6) is 5.75 Å². The van der Waals surface area contributed by atoms with Crippen molar-refractivity contribution in [2.24, 2.45) is 11.8 Å². The highest BCUT2D eigenvalue weighted by Gasteiger charge is 2.54. The number of piperidine rings is 1. The van der Waals surface area contributed by atoms with Crippen LogP contribution in [-0.2, 0) is 31.0 Å². The molecule has 4 rings (SSSR count). The molecule has 4 atom stereocenters. The van der Waals surface area contributed by atoms with Crippen molar-refractivity contribution >= 4 is 17.8 Å². The molecule has 2 aromatic rings. The summed E-state index contributed by atoms with van der Waals surface area (Å²) < 4.78 is 11.6. The van der Waals surface area contributed by atoms with E-state index in [1.807, 2.05) is 24.3 Å². The molecule has 0 N–H and O–H groups in total. The van der Waals surface area contributed by atoms with E-state index in [-0.39, 0.29) is 41.3 Å². The minimum Gasteiger partial charge on any atom is -0.462 e. The molecule has 7 heteroatoms. The van der Waals surface area contributed by atoms with Crippen molar-refractivity contribution in [3.05, 3.63) is 65.7 Å². The van der Waals surface area contributed by atoms with E-state index in [4.69, 9.17) is 9.47 Å². The molecule has 2 aliphatic rings. The van der Waals surface area contributed by atoms with E-state index in [0.717, 1.165) is 57.2 Å². The summed E-state index contributed by atoms with van der Waals surface area (Å²) in [5.41, 5.74) is 2.10. The van der Waals surface area contributed by atoms with Crippen LogP contribution >= 0.6 is 0 Å². The van der Waals surface area contributed by atoms with E-state index < -0.39 is 0 Å². The maximum atomic E-state index is 13.9. The van der Waals surface area contributed by atoms with Crippen molar-refractivity contribution in [2.45, 2.75) is 96.6 Å². The SMILES string of the molecule is CC(=O)Oc1cccc([C@@]23CCN(C)C[C@H]2C(OC(C)=O)C[C@H](N(CC(C)C)C(=O)CCCCCc2ccccc2)C3)c1. The molecule has 2 fully saturated rings. The number of aryl methyl sites for hydroxylation is 1. The summed E-state index contributed by atoms with van der Waals surface area (Å²) >= 11 is 0. The Balaban J connectivity index is 1.59. The molecule has 234 valence electrons. The van der Waals surface area contributed by atoms with Crippen molar-refractivity contribution in [3.8, 4) is 5.75 Å². The van der Waals surface area contributed by atoms with Gasteiger partial charge in [-0.05, 0) is 74.9 Å². The number of hydrogen-bond donors (Lipinski definition) is 0. The molecule has 43 heavy (non-hydrogen) atoms. The Morgan fingerprint density at radius 2 is 1.77 bits per heavy atom. The third-order valence-electron chi connectivity index (χ3n) is 9.22. The second-order valence-corrected chi connectivity index (χ2v) is 13.1. The number of fused-ring (bicyclic) bond motifs is 1. The van der Waals surface area contributed by atoms with E-state index in [1.54, 1.807) is 0 Å². The smallest absolute Gasteiger partial charge is 0.308 e. The highest BCUT2D eigenvalue weighted by Crippen LogP contribution is 2.51. The van der Waals surface area contributed by atoms with E-state index in [1.165, 1.54) is 19.4 Å². The summed E-state index contributed by atoms with van der Waals surface area (Å²) in [6, 6.07) is 18.3. The van der Waals surface area contributed by atoms with Gasteiger partial charge in [0.2, 0.25) is 5.91 Å². The second kappa shape index (κ2) is 15.0. The number of hydrogen-bond acceptors (Lipinski definition) is 6. The molecular formula is C36H50N2O5. The van der Waals surface area contributed by atoms with E-state index in [0.29, 0.717) is 31.1 Å². The number of likely N-dealkylation sites (tertiary alicyclic amines) is 1. The van der Waals surface area contributed by atoms with Crippen LogP contribution in [0.2, 0.25) is 0 Å². The fourth-order valence-electron chi connectivity index (χ4n) is 7.35. The van der Waals surface area contributed by atoms with Gasteiger partial charge in [-0.3, -0.25) is 14.4 Å². The molecule has 1 saturated heterocycles. The van der Waals surface area contributed by atoms with Gasteiger partial charge in [-0.1, -0.05) is 62.7 Å². The van der Waals surface area contributed by atoms with Crippen LogP contribution in [0.1, 0.15) is 83.8 Å². The van der Waals surface area contributed by atoms with Gasteiger partial charge in [0, 0.05) is 57.2 Å². The minimum atomic E-state index is -0.355. The molecule has 7 nitrogen and oxygen atoms in total. The molecule has 1 aliphatic heterocycles. The maximum absolute atomic E-state index is 13.9. The van der Waals surface area contributed by atoms with Gasteiger partial charge in [-0.25, -0.2) is 0 Å². The molecule has 2 aromatic carbocycles. The lowest BCUT2D eigenvalue weighted by molar-refractivity contribution is -0.161. The number of carbonyl (C=O) groups is 3. The van der Waals surface area contributed by atoms with Crippen LogP contribution in [0.4, 0.5) is 0 Å². The zero-order valence-electron chi connectivity index (χ0n) is 26.7. The van der Waals surface area contributed by atoms with Crippen LogP contribution in [0, 0.1) is 11.8 Å². The molecule has 0 aromatic heterocycles. The molecule has 1 unspecified atom stereocenters. The normalized spacial score (nSPS) is 23.8. The van der Waals surface area contributed by atoms with Gasteiger partial charge >= 0.3 is 11.9 Å². The molecular weight excluding hydrogens is 540 g/mol. The maximum Gasteiger partial charge on any atom is 0.308 e. The molecule has 1 saturated carbocycles. The number of ether oxygens (including phenoxy) is 2. The summed E-state index contributed by atoms with van der Waals surface area (Å²) in [7, 11) is 2.11. The number of benzene rings is 2. The summed E-state index contributed by atoms with van der Waals surface area (Å²) in [6.07, 6.45) is 6.48. The predicted molar refractivity (Wildman–Crippen MR) is 169 cm³/mol. The molecule has 1 heterocycles.